The Labute approximate surface area is 136 Å². The standard InChI is InChI=1S/C16H27N3O2S/c1-12(2)7-15(17-8-14-10-22-11-18-14)16(21)19-5-3-13(9-20)4-6-19/h10-13,15,17,20H,3-9H2,1-2H3. The third kappa shape index (κ3) is 5.04. The normalized spacial score (nSPS) is 17.9. The average Bonchev–Trinajstić information content (AvgIpc) is 3.04. The van der Waals surface area contributed by atoms with E-state index in [-0.39, 0.29) is 18.6 Å². The summed E-state index contributed by atoms with van der Waals surface area (Å²) in [6, 6.07) is -0.146. The molecule has 0 bridgehead atoms. The van der Waals surface area contributed by atoms with Crippen molar-refractivity contribution in [3.05, 3.63) is 16.6 Å². The lowest BCUT2D eigenvalue weighted by Crippen LogP contribution is -2.49. The molecular formula is C16H27N3O2S. The first-order valence-electron chi connectivity index (χ1n) is 8.10. The largest absolute Gasteiger partial charge is 0.396 e. The molecule has 1 unspecified atom stereocenters. The number of aliphatic hydroxyl groups is 1. The number of nitrogens with one attached hydrogen (secondary N) is 1. The first-order valence-corrected chi connectivity index (χ1v) is 9.04. The molecule has 22 heavy (non-hydrogen) atoms. The van der Waals surface area contributed by atoms with Gasteiger partial charge >= 0.3 is 0 Å². The minimum atomic E-state index is -0.146. The molecule has 0 aromatic carbocycles. The van der Waals surface area contributed by atoms with E-state index in [1.165, 1.54) is 0 Å². The molecule has 1 aliphatic heterocycles. The molecule has 1 amide bonds. The molecule has 1 aromatic rings. The molecule has 1 aromatic heterocycles. The number of piperidine rings is 1. The quantitative estimate of drug-likeness (QED) is 0.803. The van der Waals surface area contributed by atoms with Gasteiger partial charge in [0.15, 0.2) is 0 Å². The van der Waals surface area contributed by atoms with Crippen molar-refractivity contribution in [1.29, 1.82) is 0 Å². The van der Waals surface area contributed by atoms with E-state index in [4.69, 9.17) is 0 Å². The predicted molar refractivity (Wildman–Crippen MR) is 88.6 cm³/mol. The van der Waals surface area contributed by atoms with Gasteiger partial charge in [-0.25, -0.2) is 4.98 Å². The fourth-order valence-corrected chi connectivity index (χ4v) is 3.41. The van der Waals surface area contributed by atoms with Crippen LogP contribution in [-0.4, -0.2) is 46.6 Å². The highest BCUT2D eigenvalue weighted by Crippen LogP contribution is 2.18. The van der Waals surface area contributed by atoms with Crippen molar-refractivity contribution < 1.29 is 9.90 Å². The number of nitrogens with zero attached hydrogens (tertiary/aromatic N) is 2. The number of amides is 1. The zero-order valence-corrected chi connectivity index (χ0v) is 14.3. The molecule has 1 atom stereocenters. The van der Waals surface area contributed by atoms with Crippen molar-refractivity contribution in [3.8, 4) is 0 Å². The summed E-state index contributed by atoms with van der Waals surface area (Å²) in [7, 11) is 0. The third-order valence-corrected chi connectivity index (χ3v) is 4.84. The molecule has 1 saturated heterocycles. The molecule has 0 saturated carbocycles. The summed E-state index contributed by atoms with van der Waals surface area (Å²) in [5.41, 5.74) is 2.81. The molecule has 2 N–H and O–H groups in total. The SMILES string of the molecule is CC(C)CC(NCc1cscn1)C(=O)N1CCC(CO)CC1. The Balaban J connectivity index is 1.90. The minimum absolute atomic E-state index is 0.146. The van der Waals surface area contributed by atoms with E-state index in [0.29, 0.717) is 18.4 Å². The Hall–Kier alpha value is -0.980. The second kappa shape index (κ2) is 8.60. The number of aromatic nitrogens is 1. The summed E-state index contributed by atoms with van der Waals surface area (Å²) < 4.78 is 0. The van der Waals surface area contributed by atoms with E-state index in [1.54, 1.807) is 11.3 Å². The third-order valence-electron chi connectivity index (χ3n) is 4.20. The molecular weight excluding hydrogens is 298 g/mol. The van der Waals surface area contributed by atoms with Gasteiger partial charge in [-0.1, -0.05) is 13.8 Å². The molecule has 0 spiro atoms. The molecule has 1 fully saturated rings. The van der Waals surface area contributed by atoms with Gasteiger partial charge < -0.3 is 15.3 Å². The number of thiazole rings is 1. The number of likely N-dealkylation sites (tertiary alicyclic amines) is 1. The van der Waals surface area contributed by atoms with Crippen LogP contribution in [0.3, 0.4) is 0 Å². The molecule has 6 heteroatoms. The van der Waals surface area contributed by atoms with E-state index in [0.717, 1.165) is 38.0 Å². The maximum absolute atomic E-state index is 12.8. The summed E-state index contributed by atoms with van der Waals surface area (Å²) in [5, 5.41) is 14.6. The number of rotatable bonds is 7. The Kier molecular flexibility index (Phi) is 6.79. The van der Waals surface area contributed by atoms with Gasteiger partial charge in [-0.15, -0.1) is 11.3 Å². The lowest BCUT2D eigenvalue weighted by Gasteiger charge is -2.34. The number of hydrogen-bond donors (Lipinski definition) is 2. The van der Waals surface area contributed by atoms with Gasteiger partial charge in [0.1, 0.15) is 0 Å². The topological polar surface area (TPSA) is 65.5 Å². The van der Waals surface area contributed by atoms with Gasteiger partial charge in [0.2, 0.25) is 5.91 Å². The minimum Gasteiger partial charge on any atom is -0.396 e. The van der Waals surface area contributed by atoms with E-state index in [1.807, 2.05) is 15.8 Å². The summed E-state index contributed by atoms with van der Waals surface area (Å²) in [4.78, 5) is 19.0. The van der Waals surface area contributed by atoms with Crippen LogP contribution in [0.5, 0.6) is 0 Å². The van der Waals surface area contributed by atoms with Crippen LogP contribution >= 0.6 is 11.3 Å². The zero-order valence-electron chi connectivity index (χ0n) is 13.5. The van der Waals surface area contributed by atoms with Crippen molar-refractivity contribution in [2.45, 2.75) is 45.7 Å². The maximum atomic E-state index is 12.8. The fraction of sp³-hybridized carbons (Fsp3) is 0.750. The Morgan fingerprint density at radius 1 is 1.50 bits per heavy atom. The van der Waals surface area contributed by atoms with E-state index < -0.39 is 0 Å². The summed E-state index contributed by atoms with van der Waals surface area (Å²) in [5.74, 6) is 1.02. The van der Waals surface area contributed by atoms with Gasteiger partial charge in [0, 0.05) is 31.6 Å². The lowest BCUT2D eigenvalue weighted by molar-refractivity contribution is -0.135. The second-order valence-corrected chi connectivity index (χ2v) is 7.21. The maximum Gasteiger partial charge on any atom is 0.239 e. The summed E-state index contributed by atoms with van der Waals surface area (Å²) >= 11 is 1.57. The van der Waals surface area contributed by atoms with Crippen LogP contribution in [0.1, 0.15) is 38.8 Å². The van der Waals surface area contributed by atoms with E-state index in [2.05, 4.69) is 24.1 Å². The molecule has 5 nitrogen and oxygen atoms in total. The molecule has 2 heterocycles. The molecule has 0 aliphatic carbocycles. The van der Waals surface area contributed by atoms with Gasteiger partial charge in [-0.05, 0) is 31.1 Å². The Bertz CT molecular complexity index is 442. The molecule has 0 radical (unpaired) electrons. The van der Waals surface area contributed by atoms with Crippen molar-refractivity contribution in [1.82, 2.24) is 15.2 Å². The van der Waals surface area contributed by atoms with Gasteiger partial charge in [0.05, 0.1) is 17.2 Å². The molecule has 124 valence electrons. The van der Waals surface area contributed by atoms with Crippen molar-refractivity contribution in [2.24, 2.45) is 11.8 Å². The lowest BCUT2D eigenvalue weighted by atomic mass is 9.96. The number of hydrogen-bond acceptors (Lipinski definition) is 5. The van der Waals surface area contributed by atoms with Crippen LogP contribution < -0.4 is 5.32 Å². The number of aliphatic hydroxyl groups excluding tert-OH is 1. The monoisotopic (exact) mass is 325 g/mol. The Morgan fingerprint density at radius 3 is 2.77 bits per heavy atom. The van der Waals surface area contributed by atoms with Crippen LogP contribution in [0, 0.1) is 11.8 Å². The van der Waals surface area contributed by atoms with Crippen LogP contribution in [0.25, 0.3) is 0 Å². The molecule has 1 aliphatic rings. The summed E-state index contributed by atoms with van der Waals surface area (Å²) in [6.07, 6.45) is 2.65. The second-order valence-electron chi connectivity index (χ2n) is 6.49. The first kappa shape index (κ1) is 17.4. The first-order chi connectivity index (χ1) is 10.6. The van der Waals surface area contributed by atoms with Crippen molar-refractivity contribution in [2.75, 3.05) is 19.7 Å². The van der Waals surface area contributed by atoms with Gasteiger partial charge in [-0.3, -0.25) is 4.79 Å². The smallest absolute Gasteiger partial charge is 0.239 e. The van der Waals surface area contributed by atoms with Crippen LogP contribution in [0.15, 0.2) is 10.9 Å². The predicted octanol–water partition coefficient (Wildman–Crippen LogP) is 1.88. The van der Waals surface area contributed by atoms with Crippen LogP contribution in [0.2, 0.25) is 0 Å². The van der Waals surface area contributed by atoms with Gasteiger partial charge in [0.25, 0.3) is 0 Å². The fourth-order valence-electron chi connectivity index (χ4n) is 2.85. The highest BCUT2D eigenvalue weighted by molar-refractivity contribution is 7.07. The van der Waals surface area contributed by atoms with Crippen molar-refractivity contribution in [3.63, 3.8) is 0 Å². The summed E-state index contributed by atoms with van der Waals surface area (Å²) in [6.45, 7) is 6.68. The average molecular weight is 325 g/mol. The van der Waals surface area contributed by atoms with Crippen molar-refractivity contribution >= 4 is 17.2 Å². The van der Waals surface area contributed by atoms with E-state index in [9.17, 15) is 9.90 Å². The van der Waals surface area contributed by atoms with E-state index >= 15 is 0 Å². The number of carbonyl (C=O) groups excluding carboxylic acids is 1. The Morgan fingerprint density at radius 2 is 2.23 bits per heavy atom. The molecule has 2 rings (SSSR count). The highest BCUT2D eigenvalue weighted by atomic mass is 32.1. The van der Waals surface area contributed by atoms with Crippen LogP contribution in [0.4, 0.5) is 0 Å². The zero-order chi connectivity index (χ0) is 15.9. The number of carbonyl (C=O) groups is 1. The highest BCUT2D eigenvalue weighted by Gasteiger charge is 2.28. The van der Waals surface area contributed by atoms with Gasteiger partial charge in [-0.2, -0.15) is 0 Å². The van der Waals surface area contributed by atoms with Crippen LogP contribution in [-0.2, 0) is 11.3 Å².